The molecule has 0 N–H and O–H groups in total. The number of rotatable bonds is 3. The van der Waals surface area contributed by atoms with Gasteiger partial charge in [-0.2, -0.15) is 9.36 Å². The zero-order valence-electron chi connectivity index (χ0n) is 10.6. The van der Waals surface area contributed by atoms with Gasteiger partial charge in [0, 0.05) is 29.2 Å². The number of hydrogen-bond donors (Lipinski definition) is 0. The van der Waals surface area contributed by atoms with E-state index in [-0.39, 0.29) is 24.8 Å². The maximum Gasteiger partial charge on any atom is 0.244 e. The minimum atomic E-state index is -3.76. The first-order chi connectivity index (χ1) is 9.95. The highest BCUT2D eigenvalue weighted by molar-refractivity contribution is 8.14. The molecule has 2 aromatic rings. The van der Waals surface area contributed by atoms with Crippen LogP contribution in [0.15, 0.2) is 30.3 Å². The summed E-state index contributed by atoms with van der Waals surface area (Å²) in [5.74, 6) is -0.103. The number of carbonyl (C=O) groups excluding carboxylic acids is 1. The van der Waals surface area contributed by atoms with Crippen molar-refractivity contribution in [3.05, 3.63) is 30.3 Å². The minimum absolute atomic E-state index is 0.00434. The first-order valence-electron chi connectivity index (χ1n) is 6.08. The van der Waals surface area contributed by atoms with E-state index in [1.54, 1.807) is 0 Å². The molecule has 0 saturated carbocycles. The molecule has 1 aliphatic heterocycles. The molecule has 6 nitrogen and oxygen atoms in total. The van der Waals surface area contributed by atoms with Crippen molar-refractivity contribution < 1.29 is 13.2 Å². The van der Waals surface area contributed by atoms with Crippen molar-refractivity contribution in [2.24, 2.45) is 0 Å². The molecule has 1 fully saturated rings. The monoisotopic (exact) mass is 343 g/mol. The summed E-state index contributed by atoms with van der Waals surface area (Å²) in [6.07, 6.45) is -0.133. The highest BCUT2D eigenvalue weighted by Gasteiger charge is 2.39. The molecule has 0 aliphatic carbocycles. The summed E-state index contributed by atoms with van der Waals surface area (Å²) in [5, 5.41) is -0.231. The topological polar surface area (TPSA) is 80.2 Å². The Morgan fingerprint density at radius 2 is 2.00 bits per heavy atom. The van der Waals surface area contributed by atoms with E-state index in [9.17, 15) is 13.2 Å². The van der Waals surface area contributed by atoms with Gasteiger partial charge in [-0.25, -0.2) is 8.42 Å². The van der Waals surface area contributed by atoms with Gasteiger partial charge in [-0.1, -0.05) is 30.3 Å². The van der Waals surface area contributed by atoms with Crippen LogP contribution in [0.3, 0.4) is 0 Å². The Morgan fingerprint density at radius 1 is 1.29 bits per heavy atom. The molecule has 2 heterocycles. The van der Waals surface area contributed by atoms with Crippen molar-refractivity contribution in [2.75, 3.05) is 11.4 Å². The predicted molar refractivity (Wildman–Crippen MR) is 80.9 cm³/mol. The van der Waals surface area contributed by atoms with Crippen LogP contribution in [0.2, 0.25) is 0 Å². The van der Waals surface area contributed by atoms with Crippen molar-refractivity contribution >= 4 is 43.1 Å². The van der Waals surface area contributed by atoms with E-state index in [2.05, 4.69) is 9.36 Å². The Labute approximate surface area is 130 Å². The lowest BCUT2D eigenvalue weighted by Crippen LogP contribution is -2.27. The van der Waals surface area contributed by atoms with Crippen LogP contribution in [0.4, 0.5) is 5.95 Å². The van der Waals surface area contributed by atoms with Gasteiger partial charge in [0.25, 0.3) is 0 Å². The maximum atomic E-state index is 11.9. The summed E-state index contributed by atoms with van der Waals surface area (Å²) in [6.45, 7) is -0.00434. The zero-order chi connectivity index (χ0) is 15.0. The Kier molecular flexibility index (Phi) is 3.68. The standard InChI is InChI=1S/C12H10ClN3O3S2/c13-21(18,19)9-6-10(17)16(7-9)12-14-11(20-15-12)8-4-2-1-3-5-8/h1-5,9H,6-7H2. The normalized spacial score (nSPS) is 19.2. The highest BCUT2D eigenvalue weighted by Crippen LogP contribution is 2.29. The Bertz CT molecular complexity index is 776. The van der Waals surface area contributed by atoms with Crippen molar-refractivity contribution in [1.29, 1.82) is 0 Å². The molecule has 0 radical (unpaired) electrons. The van der Waals surface area contributed by atoms with E-state index in [0.29, 0.717) is 5.01 Å². The summed E-state index contributed by atoms with van der Waals surface area (Å²) < 4.78 is 26.8. The number of nitrogens with zero attached hydrogens (tertiary/aromatic N) is 3. The van der Waals surface area contributed by atoms with Gasteiger partial charge in [0.1, 0.15) is 10.3 Å². The molecule has 9 heteroatoms. The lowest BCUT2D eigenvalue weighted by atomic mass is 10.2. The SMILES string of the molecule is O=C1CC(S(=O)(=O)Cl)CN1c1nsc(-c2ccccc2)n1. The minimum Gasteiger partial charge on any atom is -0.279 e. The molecule has 110 valence electrons. The highest BCUT2D eigenvalue weighted by atomic mass is 35.7. The Hall–Kier alpha value is -1.51. The number of anilines is 1. The number of carbonyl (C=O) groups is 1. The third-order valence-electron chi connectivity index (χ3n) is 3.17. The van der Waals surface area contributed by atoms with Crippen LogP contribution < -0.4 is 4.90 Å². The van der Waals surface area contributed by atoms with Gasteiger partial charge < -0.3 is 0 Å². The van der Waals surface area contributed by atoms with Crippen LogP contribution in [0.25, 0.3) is 10.6 Å². The van der Waals surface area contributed by atoms with Crippen molar-refractivity contribution in [2.45, 2.75) is 11.7 Å². The van der Waals surface area contributed by atoms with Crippen LogP contribution in [-0.4, -0.2) is 35.5 Å². The van der Waals surface area contributed by atoms with Crippen molar-refractivity contribution in [3.63, 3.8) is 0 Å². The molecule has 1 amide bonds. The lowest BCUT2D eigenvalue weighted by molar-refractivity contribution is -0.117. The number of halogens is 1. The van der Waals surface area contributed by atoms with E-state index in [4.69, 9.17) is 10.7 Å². The van der Waals surface area contributed by atoms with Crippen LogP contribution in [0, 0.1) is 0 Å². The van der Waals surface area contributed by atoms with Gasteiger partial charge in [0.05, 0.1) is 0 Å². The summed E-state index contributed by atoms with van der Waals surface area (Å²) >= 11 is 1.16. The van der Waals surface area contributed by atoms with Crippen molar-refractivity contribution in [3.8, 4) is 10.6 Å². The smallest absolute Gasteiger partial charge is 0.244 e. The summed E-state index contributed by atoms with van der Waals surface area (Å²) in [4.78, 5) is 17.5. The molecule has 1 atom stereocenters. The molecule has 21 heavy (non-hydrogen) atoms. The lowest BCUT2D eigenvalue weighted by Gasteiger charge is -2.10. The molecule has 3 rings (SSSR count). The Balaban J connectivity index is 1.86. The van der Waals surface area contributed by atoms with Gasteiger partial charge in [0.2, 0.25) is 20.9 Å². The number of hydrogen-bond acceptors (Lipinski definition) is 6. The maximum absolute atomic E-state index is 11.9. The molecular formula is C12H10ClN3O3S2. The fraction of sp³-hybridized carbons (Fsp3) is 0.250. The zero-order valence-corrected chi connectivity index (χ0v) is 13.0. The van der Waals surface area contributed by atoms with Crippen LogP contribution in [0.5, 0.6) is 0 Å². The Morgan fingerprint density at radius 3 is 2.62 bits per heavy atom. The summed E-state index contributed by atoms with van der Waals surface area (Å²) in [5.41, 5.74) is 0.898. The van der Waals surface area contributed by atoms with Gasteiger partial charge in [0.15, 0.2) is 0 Å². The van der Waals surface area contributed by atoms with Gasteiger partial charge in [-0.15, -0.1) is 0 Å². The molecule has 1 aromatic carbocycles. The quantitative estimate of drug-likeness (QED) is 0.795. The van der Waals surface area contributed by atoms with E-state index in [0.717, 1.165) is 17.1 Å². The van der Waals surface area contributed by atoms with Crippen molar-refractivity contribution in [1.82, 2.24) is 9.36 Å². The first-order valence-corrected chi connectivity index (χ1v) is 9.23. The van der Waals surface area contributed by atoms with E-state index < -0.39 is 14.3 Å². The molecule has 1 aliphatic rings. The van der Waals surface area contributed by atoms with E-state index >= 15 is 0 Å². The number of amides is 1. The molecular weight excluding hydrogens is 334 g/mol. The molecule has 0 spiro atoms. The van der Waals surface area contributed by atoms with Gasteiger partial charge in [-0.3, -0.25) is 9.69 Å². The number of aromatic nitrogens is 2. The van der Waals surface area contributed by atoms with E-state index in [1.165, 1.54) is 4.90 Å². The second-order valence-corrected chi connectivity index (χ2v) is 8.23. The molecule has 1 unspecified atom stereocenters. The van der Waals surface area contributed by atoms with E-state index in [1.807, 2.05) is 30.3 Å². The second kappa shape index (κ2) is 5.36. The average molecular weight is 344 g/mol. The number of benzene rings is 1. The molecule has 1 aromatic heterocycles. The third kappa shape index (κ3) is 2.92. The third-order valence-corrected chi connectivity index (χ3v) is 5.79. The average Bonchev–Trinajstić information content (AvgIpc) is 3.05. The van der Waals surface area contributed by atoms with Crippen LogP contribution in [-0.2, 0) is 13.8 Å². The van der Waals surface area contributed by atoms with Gasteiger partial charge >= 0.3 is 0 Å². The van der Waals surface area contributed by atoms with Crippen LogP contribution >= 0.6 is 22.2 Å². The largest absolute Gasteiger partial charge is 0.279 e. The first kappa shape index (κ1) is 14.4. The van der Waals surface area contributed by atoms with Crippen LogP contribution in [0.1, 0.15) is 6.42 Å². The fourth-order valence-electron chi connectivity index (χ4n) is 2.08. The second-order valence-electron chi connectivity index (χ2n) is 4.57. The summed E-state index contributed by atoms with van der Waals surface area (Å²) in [6, 6.07) is 9.44. The fourth-order valence-corrected chi connectivity index (χ4v) is 3.78. The summed E-state index contributed by atoms with van der Waals surface area (Å²) in [7, 11) is 1.55. The predicted octanol–water partition coefficient (Wildman–Crippen LogP) is 1.88. The van der Waals surface area contributed by atoms with Gasteiger partial charge in [-0.05, 0) is 11.5 Å². The molecule has 1 saturated heterocycles. The molecule has 0 bridgehead atoms.